The van der Waals surface area contributed by atoms with Gasteiger partial charge in [0.1, 0.15) is 12.4 Å². The van der Waals surface area contributed by atoms with Crippen molar-refractivity contribution in [1.29, 1.82) is 0 Å². The van der Waals surface area contributed by atoms with E-state index in [-0.39, 0.29) is 0 Å². The first kappa shape index (κ1) is 24.0. The number of aryl methyl sites for hydroxylation is 2. The molecule has 3 aromatic rings. The predicted molar refractivity (Wildman–Crippen MR) is 111 cm³/mol. The summed E-state index contributed by atoms with van der Waals surface area (Å²) in [6.45, 7) is 7.26. The molecule has 0 bridgehead atoms. The van der Waals surface area contributed by atoms with Crippen LogP contribution in [0.1, 0.15) is 33.3 Å². The van der Waals surface area contributed by atoms with Gasteiger partial charge < -0.3 is 18.8 Å². The molecule has 3 aromatic heterocycles. The Morgan fingerprint density at radius 1 is 1.28 bits per heavy atom. The van der Waals surface area contributed by atoms with Crippen molar-refractivity contribution in [3.63, 3.8) is 0 Å². The number of ether oxygens (including phenoxy) is 1. The van der Waals surface area contributed by atoms with Crippen molar-refractivity contribution in [2.24, 2.45) is 0 Å². The number of hydrogen-bond acceptors (Lipinski definition) is 6. The molecule has 0 radical (unpaired) electrons. The number of nitrogens with zero attached hydrogens (tertiary/aromatic N) is 3. The fourth-order valence-electron chi connectivity index (χ4n) is 3.27. The van der Waals surface area contributed by atoms with Gasteiger partial charge in [0.25, 0.3) is 0 Å². The molecule has 174 valence electrons. The zero-order valence-electron chi connectivity index (χ0n) is 17.5. The van der Waals surface area contributed by atoms with Crippen LogP contribution in [0.4, 0.5) is 13.2 Å². The summed E-state index contributed by atoms with van der Waals surface area (Å²) in [6, 6.07) is 8.26. The Bertz CT molecular complexity index is 999. The third kappa shape index (κ3) is 6.94. The molecule has 4 rings (SSSR count). The first-order valence-corrected chi connectivity index (χ1v) is 10.7. The molecular formula is C21H24F3N3O4S. The van der Waals surface area contributed by atoms with E-state index in [4.69, 9.17) is 19.1 Å². The number of carbonyl (C=O) groups is 1. The second-order valence-corrected chi connectivity index (χ2v) is 8.66. The summed E-state index contributed by atoms with van der Waals surface area (Å²) in [5.74, 6) is -1.91. The van der Waals surface area contributed by atoms with Gasteiger partial charge in [-0.3, -0.25) is 4.90 Å². The first-order chi connectivity index (χ1) is 15.2. The molecule has 1 aliphatic heterocycles. The highest BCUT2D eigenvalue weighted by Gasteiger charge is 2.38. The van der Waals surface area contributed by atoms with Gasteiger partial charge in [-0.25, -0.2) is 9.78 Å². The predicted octanol–water partition coefficient (Wildman–Crippen LogP) is 4.60. The van der Waals surface area contributed by atoms with Crippen molar-refractivity contribution in [2.45, 2.75) is 52.4 Å². The zero-order valence-corrected chi connectivity index (χ0v) is 18.3. The molecule has 0 fully saturated rings. The Balaban J connectivity index is 0.000000360. The molecule has 0 unspecified atom stereocenters. The lowest BCUT2D eigenvalue weighted by atomic mass is 10.3. The standard InChI is InChI=1S/C19H23N3O2S.C2HF3O2/c1-15-5-6-17(25-15)10-21-7-3-8-22-14-20-18(19(22)11-21)13-23-12-16-4-2-9-24-16;3-2(4,5)1(6)7/h2,4-6,9,14H,3,7-8,10-13H2,1H3;(H,6,7). The minimum atomic E-state index is -5.08. The number of thiophene rings is 1. The summed E-state index contributed by atoms with van der Waals surface area (Å²) in [7, 11) is 0. The lowest BCUT2D eigenvalue weighted by molar-refractivity contribution is -0.192. The summed E-state index contributed by atoms with van der Waals surface area (Å²) in [6.07, 6.45) is -0.300. The van der Waals surface area contributed by atoms with E-state index in [1.165, 1.54) is 15.4 Å². The molecule has 0 amide bonds. The highest BCUT2D eigenvalue weighted by molar-refractivity contribution is 7.11. The molecule has 0 aromatic carbocycles. The molecule has 11 heteroatoms. The van der Waals surface area contributed by atoms with Crippen LogP contribution >= 0.6 is 11.3 Å². The fraction of sp³-hybridized carbons (Fsp3) is 0.429. The smallest absolute Gasteiger partial charge is 0.475 e. The van der Waals surface area contributed by atoms with Crippen LogP contribution in [0.3, 0.4) is 0 Å². The maximum Gasteiger partial charge on any atom is 0.490 e. The number of alkyl halides is 3. The SMILES string of the molecule is Cc1ccc(CN2CCCn3cnc(COCc4ccco4)c3C2)s1.O=C(O)C(F)(F)F. The Hall–Kier alpha value is -2.63. The molecule has 0 spiro atoms. The Labute approximate surface area is 187 Å². The van der Waals surface area contributed by atoms with Crippen LogP contribution < -0.4 is 0 Å². The van der Waals surface area contributed by atoms with Gasteiger partial charge in [-0.2, -0.15) is 13.2 Å². The normalized spacial score (nSPS) is 14.4. The van der Waals surface area contributed by atoms with E-state index in [9.17, 15) is 13.2 Å². The average molecular weight is 472 g/mol. The van der Waals surface area contributed by atoms with Crippen LogP contribution in [0, 0.1) is 6.92 Å². The van der Waals surface area contributed by atoms with Crippen LogP contribution in [-0.2, 0) is 42.4 Å². The third-order valence-corrected chi connectivity index (χ3v) is 5.75. The molecule has 0 aliphatic carbocycles. The molecule has 0 saturated carbocycles. The number of aromatic nitrogens is 2. The van der Waals surface area contributed by atoms with Gasteiger partial charge in [-0.1, -0.05) is 0 Å². The number of aliphatic carboxylic acids is 1. The second kappa shape index (κ2) is 10.8. The summed E-state index contributed by atoms with van der Waals surface area (Å²) >= 11 is 1.89. The minimum Gasteiger partial charge on any atom is -0.475 e. The Morgan fingerprint density at radius 3 is 2.69 bits per heavy atom. The molecule has 1 aliphatic rings. The van der Waals surface area contributed by atoms with Gasteiger partial charge in [0.05, 0.1) is 30.6 Å². The summed E-state index contributed by atoms with van der Waals surface area (Å²) in [4.78, 5) is 18.8. The van der Waals surface area contributed by atoms with Gasteiger partial charge >= 0.3 is 12.1 Å². The third-order valence-electron chi connectivity index (χ3n) is 4.76. The molecule has 1 N–H and O–H groups in total. The summed E-state index contributed by atoms with van der Waals surface area (Å²) in [5.41, 5.74) is 2.33. The Kier molecular flexibility index (Phi) is 8.10. The van der Waals surface area contributed by atoms with Gasteiger partial charge in [0, 0.05) is 35.9 Å². The van der Waals surface area contributed by atoms with Crippen molar-refractivity contribution in [2.75, 3.05) is 6.54 Å². The highest BCUT2D eigenvalue weighted by atomic mass is 32.1. The van der Waals surface area contributed by atoms with E-state index in [2.05, 4.69) is 33.5 Å². The van der Waals surface area contributed by atoms with E-state index < -0.39 is 12.1 Å². The number of fused-ring (bicyclic) bond motifs is 1. The lowest BCUT2D eigenvalue weighted by Crippen LogP contribution is -2.23. The maximum atomic E-state index is 10.6. The minimum absolute atomic E-state index is 0.484. The van der Waals surface area contributed by atoms with Gasteiger partial charge in [-0.05, 0) is 37.6 Å². The van der Waals surface area contributed by atoms with E-state index >= 15 is 0 Å². The van der Waals surface area contributed by atoms with Crippen molar-refractivity contribution >= 4 is 17.3 Å². The van der Waals surface area contributed by atoms with Crippen molar-refractivity contribution in [3.8, 4) is 0 Å². The van der Waals surface area contributed by atoms with Crippen molar-refractivity contribution in [1.82, 2.24) is 14.5 Å². The van der Waals surface area contributed by atoms with Crippen LogP contribution in [-0.4, -0.2) is 38.2 Å². The topological polar surface area (TPSA) is 80.7 Å². The second-order valence-electron chi connectivity index (χ2n) is 7.28. The number of carboxylic acids is 1. The van der Waals surface area contributed by atoms with E-state index in [1.807, 2.05) is 29.8 Å². The van der Waals surface area contributed by atoms with Crippen LogP contribution in [0.25, 0.3) is 0 Å². The first-order valence-electron chi connectivity index (χ1n) is 9.93. The van der Waals surface area contributed by atoms with Crippen LogP contribution in [0.5, 0.6) is 0 Å². The average Bonchev–Trinajstić information content (AvgIpc) is 3.43. The number of carboxylic acid groups (broad SMARTS) is 1. The molecule has 0 atom stereocenters. The number of rotatable bonds is 6. The lowest BCUT2D eigenvalue weighted by Gasteiger charge is -2.19. The highest BCUT2D eigenvalue weighted by Crippen LogP contribution is 2.22. The zero-order chi connectivity index (χ0) is 23.1. The molecule has 0 saturated heterocycles. The molecular weight excluding hydrogens is 447 g/mol. The number of furan rings is 1. The quantitative estimate of drug-likeness (QED) is 0.566. The summed E-state index contributed by atoms with van der Waals surface area (Å²) < 4.78 is 45.1. The van der Waals surface area contributed by atoms with Crippen molar-refractivity contribution in [3.05, 3.63) is 63.8 Å². The number of imidazole rings is 1. The van der Waals surface area contributed by atoms with E-state index in [0.29, 0.717) is 13.2 Å². The van der Waals surface area contributed by atoms with Crippen LogP contribution in [0.2, 0.25) is 0 Å². The fourth-order valence-corrected chi connectivity index (χ4v) is 4.20. The van der Waals surface area contributed by atoms with Gasteiger partial charge in [0.15, 0.2) is 0 Å². The van der Waals surface area contributed by atoms with Gasteiger partial charge in [0.2, 0.25) is 0 Å². The largest absolute Gasteiger partial charge is 0.490 e. The van der Waals surface area contributed by atoms with E-state index in [0.717, 1.165) is 44.1 Å². The van der Waals surface area contributed by atoms with Crippen molar-refractivity contribution < 1.29 is 32.2 Å². The molecule has 7 nitrogen and oxygen atoms in total. The molecule has 32 heavy (non-hydrogen) atoms. The number of hydrogen-bond donors (Lipinski definition) is 1. The monoisotopic (exact) mass is 471 g/mol. The van der Waals surface area contributed by atoms with Gasteiger partial charge in [-0.15, -0.1) is 11.3 Å². The molecule has 4 heterocycles. The van der Waals surface area contributed by atoms with E-state index in [1.54, 1.807) is 6.26 Å². The number of halogens is 3. The maximum absolute atomic E-state index is 10.6. The Morgan fingerprint density at radius 2 is 2.06 bits per heavy atom. The van der Waals surface area contributed by atoms with Crippen LogP contribution in [0.15, 0.2) is 41.3 Å². The summed E-state index contributed by atoms with van der Waals surface area (Å²) in [5, 5.41) is 7.12.